The van der Waals surface area contributed by atoms with Gasteiger partial charge in [-0.25, -0.2) is 0 Å². The van der Waals surface area contributed by atoms with Crippen molar-refractivity contribution >= 4 is 29.9 Å². The van der Waals surface area contributed by atoms with E-state index in [0.29, 0.717) is 6.54 Å². The van der Waals surface area contributed by atoms with E-state index in [-0.39, 0.29) is 36.1 Å². The first kappa shape index (κ1) is 26.0. The van der Waals surface area contributed by atoms with E-state index in [1.807, 2.05) is 42.3 Å². The maximum atomic E-state index is 5.53. The smallest absolute Gasteiger partial charge is 0.191 e. The van der Waals surface area contributed by atoms with Crippen molar-refractivity contribution < 1.29 is 9.47 Å². The molecule has 0 saturated carbocycles. The molecular weight excluding hydrogens is 495 g/mol. The Labute approximate surface area is 197 Å². The minimum Gasteiger partial charge on any atom is -0.497 e. The van der Waals surface area contributed by atoms with E-state index in [0.717, 1.165) is 35.1 Å². The molecule has 2 unspecified atom stereocenters. The fraction of sp³-hybridized carbons (Fsp3) is 0.524. The summed E-state index contributed by atoms with van der Waals surface area (Å²) in [5, 5.41) is 11.1. The fourth-order valence-electron chi connectivity index (χ4n) is 3.14. The molecule has 0 spiro atoms. The van der Waals surface area contributed by atoms with Crippen molar-refractivity contribution in [1.82, 2.24) is 25.3 Å². The molecule has 1 heterocycles. The SMILES string of the molecule is CCNC(=NCC(c1cnn(C)c1)N(C)C)NC(C)c1cc(OC)ccc1OC.I. The number of hydrogen-bond acceptors (Lipinski definition) is 5. The Morgan fingerprint density at radius 1 is 1.27 bits per heavy atom. The zero-order chi connectivity index (χ0) is 21.4. The molecule has 0 fully saturated rings. The number of halogens is 1. The lowest BCUT2D eigenvalue weighted by Gasteiger charge is -2.24. The second kappa shape index (κ2) is 12.6. The van der Waals surface area contributed by atoms with Crippen molar-refractivity contribution in [2.75, 3.05) is 41.4 Å². The van der Waals surface area contributed by atoms with E-state index in [4.69, 9.17) is 14.5 Å². The number of hydrogen-bond donors (Lipinski definition) is 2. The van der Waals surface area contributed by atoms with Crippen molar-refractivity contribution in [3.63, 3.8) is 0 Å². The molecule has 0 radical (unpaired) electrons. The third kappa shape index (κ3) is 7.05. The summed E-state index contributed by atoms with van der Waals surface area (Å²) in [5.41, 5.74) is 2.15. The Morgan fingerprint density at radius 3 is 2.53 bits per heavy atom. The summed E-state index contributed by atoms with van der Waals surface area (Å²) in [7, 11) is 9.37. The highest BCUT2D eigenvalue weighted by atomic mass is 127. The molecule has 0 aliphatic carbocycles. The summed E-state index contributed by atoms with van der Waals surface area (Å²) in [4.78, 5) is 6.98. The van der Waals surface area contributed by atoms with Gasteiger partial charge in [0.2, 0.25) is 0 Å². The van der Waals surface area contributed by atoms with Crippen LogP contribution >= 0.6 is 24.0 Å². The molecule has 168 valence electrons. The van der Waals surface area contributed by atoms with Gasteiger partial charge in [-0.3, -0.25) is 9.67 Å². The van der Waals surface area contributed by atoms with Crippen molar-refractivity contribution in [3.8, 4) is 11.5 Å². The average molecular weight is 530 g/mol. The molecule has 9 heteroatoms. The molecule has 1 aromatic heterocycles. The molecule has 0 saturated heterocycles. The largest absolute Gasteiger partial charge is 0.497 e. The first-order valence-corrected chi connectivity index (χ1v) is 9.81. The van der Waals surface area contributed by atoms with Gasteiger partial charge in [0.25, 0.3) is 0 Å². The molecule has 0 aliphatic rings. The van der Waals surface area contributed by atoms with Crippen LogP contribution in [0.3, 0.4) is 0 Å². The number of methoxy groups -OCH3 is 2. The predicted molar refractivity (Wildman–Crippen MR) is 132 cm³/mol. The Balaban J connectivity index is 0.00000450. The minimum atomic E-state index is -0.0194. The van der Waals surface area contributed by atoms with Gasteiger partial charge >= 0.3 is 0 Å². The average Bonchev–Trinajstić information content (AvgIpc) is 3.13. The number of guanidine groups is 1. The maximum Gasteiger partial charge on any atom is 0.191 e. The van der Waals surface area contributed by atoms with E-state index >= 15 is 0 Å². The lowest BCUT2D eigenvalue weighted by atomic mass is 10.1. The lowest BCUT2D eigenvalue weighted by Crippen LogP contribution is -2.39. The zero-order valence-electron chi connectivity index (χ0n) is 19.0. The molecule has 2 N–H and O–H groups in total. The standard InChI is InChI=1S/C21H34N6O2.HI/c1-8-22-21(23-13-19(26(3)4)16-12-24-27(5)14-16)25-15(2)18-11-17(28-6)9-10-20(18)29-7;/h9-12,14-15,19H,8,13H2,1-7H3,(H2,22,23,25);1H. The molecule has 0 amide bonds. The summed E-state index contributed by atoms with van der Waals surface area (Å²) in [5.74, 6) is 2.35. The first-order chi connectivity index (χ1) is 13.9. The van der Waals surface area contributed by atoms with Crippen LogP contribution in [-0.2, 0) is 7.05 Å². The molecule has 1 aromatic carbocycles. The first-order valence-electron chi connectivity index (χ1n) is 9.81. The van der Waals surface area contributed by atoms with Crippen molar-refractivity contribution in [1.29, 1.82) is 0 Å². The molecule has 0 bridgehead atoms. The Kier molecular flexibility index (Phi) is 11.0. The number of ether oxygens (including phenoxy) is 2. The number of aromatic nitrogens is 2. The molecule has 2 atom stereocenters. The van der Waals surface area contributed by atoms with Gasteiger partial charge in [-0.1, -0.05) is 0 Å². The van der Waals surface area contributed by atoms with Crippen LogP contribution in [-0.4, -0.2) is 62.0 Å². The zero-order valence-corrected chi connectivity index (χ0v) is 21.3. The second-order valence-corrected chi connectivity index (χ2v) is 7.12. The van der Waals surface area contributed by atoms with E-state index in [1.54, 1.807) is 14.2 Å². The third-order valence-corrected chi connectivity index (χ3v) is 4.76. The van der Waals surface area contributed by atoms with Crippen LogP contribution in [0.25, 0.3) is 0 Å². The summed E-state index contributed by atoms with van der Waals surface area (Å²) in [6.45, 7) is 5.51. The van der Waals surface area contributed by atoms with Crippen LogP contribution in [0.15, 0.2) is 35.6 Å². The maximum absolute atomic E-state index is 5.53. The van der Waals surface area contributed by atoms with Gasteiger partial charge in [0.05, 0.1) is 39.0 Å². The summed E-state index contributed by atoms with van der Waals surface area (Å²) < 4.78 is 12.7. The van der Waals surface area contributed by atoms with Crippen molar-refractivity contribution in [2.24, 2.45) is 12.0 Å². The lowest BCUT2D eigenvalue weighted by molar-refractivity contribution is 0.306. The molecule has 0 aliphatic heterocycles. The van der Waals surface area contributed by atoms with Crippen LogP contribution in [0.5, 0.6) is 11.5 Å². The summed E-state index contributed by atoms with van der Waals surface area (Å²) in [6.07, 6.45) is 3.93. The number of benzene rings is 1. The predicted octanol–water partition coefficient (Wildman–Crippen LogP) is 2.97. The summed E-state index contributed by atoms with van der Waals surface area (Å²) in [6, 6.07) is 5.92. The van der Waals surface area contributed by atoms with Crippen molar-refractivity contribution in [2.45, 2.75) is 25.9 Å². The number of nitrogens with one attached hydrogen (secondary N) is 2. The molecule has 8 nitrogen and oxygen atoms in total. The van der Waals surface area contributed by atoms with Crippen molar-refractivity contribution in [3.05, 3.63) is 41.7 Å². The van der Waals surface area contributed by atoms with Crippen LogP contribution in [0.2, 0.25) is 0 Å². The van der Waals surface area contributed by atoms with E-state index in [9.17, 15) is 0 Å². The number of aryl methyl sites for hydroxylation is 1. The molecule has 2 rings (SSSR count). The monoisotopic (exact) mass is 530 g/mol. The van der Waals surface area contributed by atoms with Gasteiger partial charge < -0.3 is 25.0 Å². The normalized spacial score (nSPS) is 13.4. The minimum absolute atomic E-state index is 0. The van der Waals surface area contributed by atoms with Gasteiger partial charge in [0, 0.05) is 30.9 Å². The third-order valence-electron chi connectivity index (χ3n) is 4.76. The highest BCUT2D eigenvalue weighted by Crippen LogP contribution is 2.29. The second-order valence-electron chi connectivity index (χ2n) is 7.12. The number of nitrogens with zero attached hydrogens (tertiary/aromatic N) is 4. The van der Waals surface area contributed by atoms with Gasteiger partial charge in [-0.05, 0) is 46.1 Å². The van der Waals surface area contributed by atoms with E-state index in [2.05, 4.69) is 48.6 Å². The fourth-order valence-corrected chi connectivity index (χ4v) is 3.14. The quantitative estimate of drug-likeness (QED) is 0.295. The Hall–Kier alpha value is -2.01. The molecule has 2 aromatic rings. The highest BCUT2D eigenvalue weighted by Gasteiger charge is 2.17. The molecule has 30 heavy (non-hydrogen) atoms. The number of aliphatic imine (C=N–C) groups is 1. The van der Waals surface area contributed by atoms with Gasteiger partial charge in [-0.2, -0.15) is 5.10 Å². The Bertz CT molecular complexity index is 809. The van der Waals surface area contributed by atoms with E-state index < -0.39 is 0 Å². The number of likely N-dealkylation sites (N-methyl/N-ethyl adjacent to an activating group) is 1. The van der Waals surface area contributed by atoms with Crippen LogP contribution in [0.1, 0.15) is 37.1 Å². The van der Waals surface area contributed by atoms with Crippen LogP contribution in [0.4, 0.5) is 0 Å². The molecular formula is C21H35IN6O2. The van der Waals surface area contributed by atoms with E-state index in [1.165, 1.54) is 0 Å². The topological polar surface area (TPSA) is 75.9 Å². The van der Waals surface area contributed by atoms with Crippen LogP contribution in [0, 0.1) is 0 Å². The number of rotatable bonds is 9. The van der Waals surface area contributed by atoms with Gasteiger partial charge in [-0.15, -0.1) is 24.0 Å². The highest BCUT2D eigenvalue weighted by molar-refractivity contribution is 14.0. The summed E-state index contributed by atoms with van der Waals surface area (Å²) >= 11 is 0. The Morgan fingerprint density at radius 2 is 2.00 bits per heavy atom. The van der Waals surface area contributed by atoms with Gasteiger partial charge in [0.1, 0.15) is 11.5 Å². The van der Waals surface area contributed by atoms with Gasteiger partial charge in [0.15, 0.2) is 5.96 Å². The van der Waals surface area contributed by atoms with Crippen LogP contribution < -0.4 is 20.1 Å².